The van der Waals surface area contributed by atoms with E-state index in [-0.39, 0.29) is 11.9 Å². The number of unbranched alkanes of at least 4 members (excludes halogenated alkanes) is 1. The average molecular weight is 186 g/mol. The zero-order valence-corrected chi connectivity index (χ0v) is 9.30. The number of rotatable bonds is 6. The summed E-state index contributed by atoms with van der Waals surface area (Å²) >= 11 is 0. The largest absolute Gasteiger partial charge is 0.469 e. The third kappa shape index (κ3) is 5.67. The van der Waals surface area contributed by atoms with Gasteiger partial charge in [0.15, 0.2) is 0 Å². The summed E-state index contributed by atoms with van der Waals surface area (Å²) < 4.78 is 4.68. The molecule has 0 rings (SSSR count). The first-order chi connectivity index (χ1) is 6.11. The van der Waals surface area contributed by atoms with Gasteiger partial charge in [0.05, 0.1) is 13.0 Å². The van der Waals surface area contributed by atoms with Gasteiger partial charge in [0.1, 0.15) is 0 Å². The second kappa shape index (κ2) is 6.93. The van der Waals surface area contributed by atoms with Crippen LogP contribution >= 0.6 is 0 Å². The fourth-order valence-corrected chi connectivity index (χ4v) is 1.57. The first-order valence-corrected chi connectivity index (χ1v) is 5.19. The molecular formula is C11H22O2. The summed E-state index contributed by atoms with van der Waals surface area (Å²) in [4.78, 5) is 11.1. The van der Waals surface area contributed by atoms with E-state index in [0.717, 1.165) is 6.42 Å². The SMILES string of the molecule is CCCCC(C)CC(C)C(=O)OC. The minimum atomic E-state index is -0.0802. The van der Waals surface area contributed by atoms with E-state index in [9.17, 15) is 4.79 Å². The Balaban J connectivity index is 3.64. The van der Waals surface area contributed by atoms with Gasteiger partial charge in [0.25, 0.3) is 0 Å². The standard InChI is InChI=1S/C11H22O2/c1-5-6-7-9(2)8-10(3)11(12)13-4/h9-10H,5-8H2,1-4H3. The molecule has 0 spiro atoms. The summed E-state index contributed by atoms with van der Waals surface area (Å²) in [5, 5.41) is 0. The van der Waals surface area contributed by atoms with Crippen LogP contribution < -0.4 is 0 Å². The highest BCUT2D eigenvalue weighted by molar-refractivity contribution is 5.71. The summed E-state index contributed by atoms with van der Waals surface area (Å²) in [7, 11) is 1.45. The Morgan fingerprint density at radius 2 is 2.00 bits per heavy atom. The highest BCUT2D eigenvalue weighted by Gasteiger charge is 2.15. The third-order valence-electron chi connectivity index (χ3n) is 2.41. The Morgan fingerprint density at radius 1 is 1.38 bits per heavy atom. The predicted octanol–water partition coefficient (Wildman–Crippen LogP) is 3.01. The van der Waals surface area contributed by atoms with Crippen LogP contribution in [0.25, 0.3) is 0 Å². The molecule has 0 aromatic rings. The van der Waals surface area contributed by atoms with E-state index in [4.69, 9.17) is 0 Å². The lowest BCUT2D eigenvalue weighted by Gasteiger charge is -2.14. The van der Waals surface area contributed by atoms with Crippen LogP contribution in [0.3, 0.4) is 0 Å². The smallest absolute Gasteiger partial charge is 0.308 e. The van der Waals surface area contributed by atoms with Crippen molar-refractivity contribution < 1.29 is 9.53 Å². The van der Waals surface area contributed by atoms with E-state index in [1.165, 1.54) is 26.4 Å². The van der Waals surface area contributed by atoms with E-state index in [2.05, 4.69) is 18.6 Å². The molecule has 0 heterocycles. The molecule has 0 saturated heterocycles. The van der Waals surface area contributed by atoms with Gasteiger partial charge in [-0.3, -0.25) is 4.79 Å². The van der Waals surface area contributed by atoms with Crippen molar-refractivity contribution in [2.45, 2.75) is 46.5 Å². The third-order valence-corrected chi connectivity index (χ3v) is 2.41. The summed E-state index contributed by atoms with van der Waals surface area (Å²) in [5.41, 5.74) is 0. The monoisotopic (exact) mass is 186 g/mol. The van der Waals surface area contributed by atoms with Gasteiger partial charge in [-0.1, -0.05) is 40.0 Å². The van der Waals surface area contributed by atoms with Crippen LogP contribution in [0.5, 0.6) is 0 Å². The molecular weight excluding hydrogens is 164 g/mol. The lowest BCUT2D eigenvalue weighted by atomic mass is 9.93. The van der Waals surface area contributed by atoms with Gasteiger partial charge in [0.2, 0.25) is 0 Å². The first kappa shape index (κ1) is 12.5. The summed E-state index contributed by atoms with van der Waals surface area (Å²) in [6.07, 6.45) is 4.66. The van der Waals surface area contributed by atoms with Crippen LogP contribution in [-0.2, 0) is 9.53 Å². The highest BCUT2D eigenvalue weighted by atomic mass is 16.5. The van der Waals surface area contributed by atoms with Crippen molar-refractivity contribution in [2.75, 3.05) is 7.11 Å². The molecule has 0 amide bonds. The summed E-state index contributed by atoms with van der Waals surface area (Å²) in [6.45, 7) is 6.33. The summed E-state index contributed by atoms with van der Waals surface area (Å²) in [6, 6.07) is 0. The van der Waals surface area contributed by atoms with Crippen molar-refractivity contribution in [3.63, 3.8) is 0 Å². The maximum atomic E-state index is 11.1. The fourth-order valence-electron chi connectivity index (χ4n) is 1.57. The Hall–Kier alpha value is -0.530. The first-order valence-electron chi connectivity index (χ1n) is 5.19. The van der Waals surface area contributed by atoms with Crippen LogP contribution in [0.1, 0.15) is 46.5 Å². The van der Waals surface area contributed by atoms with Crippen molar-refractivity contribution in [1.82, 2.24) is 0 Å². The predicted molar refractivity (Wildman–Crippen MR) is 54.5 cm³/mol. The maximum absolute atomic E-state index is 11.1. The zero-order chi connectivity index (χ0) is 10.3. The van der Waals surface area contributed by atoms with Crippen molar-refractivity contribution in [3.05, 3.63) is 0 Å². The number of carbonyl (C=O) groups excluding carboxylic acids is 1. The number of hydrogen-bond donors (Lipinski definition) is 0. The van der Waals surface area contributed by atoms with Gasteiger partial charge in [-0.15, -0.1) is 0 Å². The fraction of sp³-hybridized carbons (Fsp3) is 0.909. The molecule has 0 aromatic carbocycles. The number of ether oxygens (including phenoxy) is 1. The van der Waals surface area contributed by atoms with Gasteiger partial charge in [-0.05, 0) is 12.3 Å². The van der Waals surface area contributed by atoms with Crippen molar-refractivity contribution >= 4 is 5.97 Å². The number of hydrogen-bond acceptors (Lipinski definition) is 2. The zero-order valence-electron chi connectivity index (χ0n) is 9.30. The molecule has 0 fully saturated rings. The summed E-state index contributed by atoms with van der Waals surface area (Å²) in [5.74, 6) is 0.606. The van der Waals surface area contributed by atoms with Gasteiger partial charge < -0.3 is 4.74 Å². The Kier molecular flexibility index (Phi) is 6.65. The van der Waals surface area contributed by atoms with Crippen LogP contribution in [0.15, 0.2) is 0 Å². The molecule has 0 saturated carbocycles. The molecule has 0 N–H and O–H groups in total. The van der Waals surface area contributed by atoms with Gasteiger partial charge in [0, 0.05) is 0 Å². The number of methoxy groups -OCH3 is 1. The van der Waals surface area contributed by atoms with E-state index in [0.29, 0.717) is 5.92 Å². The molecule has 0 aliphatic carbocycles. The van der Waals surface area contributed by atoms with Gasteiger partial charge >= 0.3 is 5.97 Å². The minimum Gasteiger partial charge on any atom is -0.469 e. The molecule has 78 valence electrons. The Morgan fingerprint density at radius 3 is 2.46 bits per heavy atom. The molecule has 2 atom stereocenters. The molecule has 0 bridgehead atoms. The Labute approximate surface area is 81.7 Å². The van der Waals surface area contributed by atoms with Crippen LogP contribution in [0.4, 0.5) is 0 Å². The molecule has 2 nitrogen and oxygen atoms in total. The normalized spacial score (nSPS) is 15.1. The lowest BCUT2D eigenvalue weighted by molar-refractivity contribution is -0.145. The molecule has 2 heteroatoms. The molecule has 0 aromatic heterocycles. The maximum Gasteiger partial charge on any atom is 0.308 e. The van der Waals surface area contributed by atoms with E-state index in [1.807, 2.05) is 6.92 Å². The molecule has 0 aliphatic rings. The van der Waals surface area contributed by atoms with Crippen molar-refractivity contribution in [3.8, 4) is 0 Å². The van der Waals surface area contributed by atoms with Crippen LogP contribution in [0, 0.1) is 11.8 Å². The number of esters is 1. The molecule has 0 radical (unpaired) electrons. The lowest BCUT2D eigenvalue weighted by Crippen LogP contribution is -2.15. The second-order valence-corrected chi connectivity index (χ2v) is 3.91. The van der Waals surface area contributed by atoms with Crippen molar-refractivity contribution in [1.29, 1.82) is 0 Å². The number of carbonyl (C=O) groups is 1. The van der Waals surface area contributed by atoms with E-state index >= 15 is 0 Å². The molecule has 2 unspecified atom stereocenters. The van der Waals surface area contributed by atoms with E-state index in [1.54, 1.807) is 0 Å². The van der Waals surface area contributed by atoms with Crippen molar-refractivity contribution in [2.24, 2.45) is 11.8 Å². The molecule has 13 heavy (non-hydrogen) atoms. The quantitative estimate of drug-likeness (QED) is 0.596. The topological polar surface area (TPSA) is 26.3 Å². The highest BCUT2D eigenvalue weighted by Crippen LogP contribution is 2.18. The molecule has 0 aliphatic heterocycles. The van der Waals surface area contributed by atoms with Crippen LogP contribution in [0.2, 0.25) is 0 Å². The van der Waals surface area contributed by atoms with Gasteiger partial charge in [-0.2, -0.15) is 0 Å². The van der Waals surface area contributed by atoms with Gasteiger partial charge in [-0.25, -0.2) is 0 Å². The average Bonchev–Trinajstić information content (AvgIpc) is 2.13. The van der Waals surface area contributed by atoms with E-state index < -0.39 is 0 Å². The van der Waals surface area contributed by atoms with Crippen LogP contribution in [-0.4, -0.2) is 13.1 Å². The minimum absolute atomic E-state index is 0.0526. The second-order valence-electron chi connectivity index (χ2n) is 3.91. The Bertz CT molecular complexity index is 143.